The van der Waals surface area contributed by atoms with E-state index in [9.17, 15) is 10.2 Å². The quantitative estimate of drug-likeness (QED) is 0.771. The van der Waals surface area contributed by atoms with E-state index < -0.39 is 12.2 Å². The Balaban J connectivity index is 2.71. The second-order valence-electron chi connectivity index (χ2n) is 3.56. The maximum atomic E-state index is 9.69. The van der Waals surface area contributed by atoms with Crippen LogP contribution in [0.3, 0.4) is 0 Å². The highest BCUT2D eigenvalue weighted by molar-refractivity contribution is 5.33. The smallest absolute Gasteiger partial charge is 0.122 e. The summed E-state index contributed by atoms with van der Waals surface area (Å²) in [6, 6.07) is 7.51. The van der Waals surface area contributed by atoms with Gasteiger partial charge in [0.25, 0.3) is 0 Å². The third kappa shape index (κ3) is 3.22. The van der Waals surface area contributed by atoms with Crippen LogP contribution in [0.5, 0.6) is 5.75 Å². The molecule has 15 heavy (non-hydrogen) atoms. The summed E-state index contributed by atoms with van der Waals surface area (Å²) in [5.74, 6) is 0.750. The van der Waals surface area contributed by atoms with Crippen molar-refractivity contribution in [1.29, 1.82) is 0 Å². The average molecular weight is 210 g/mol. The van der Waals surface area contributed by atoms with Crippen LogP contribution in [0.1, 0.15) is 18.9 Å². The van der Waals surface area contributed by atoms with Crippen LogP contribution in [-0.4, -0.2) is 29.5 Å². The van der Waals surface area contributed by atoms with Crippen LogP contribution in [0.2, 0.25) is 0 Å². The van der Waals surface area contributed by atoms with Crippen LogP contribution in [0, 0.1) is 0 Å². The highest BCUT2D eigenvalue weighted by Crippen LogP contribution is 2.20. The van der Waals surface area contributed by atoms with Crippen molar-refractivity contribution in [2.24, 2.45) is 0 Å². The molecule has 0 spiro atoms. The number of hydrogen-bond donors (Lipinski definition) is 2. The molecule has 0 aromatic heterocycles. The number of aliphatic hydroxyl groups excluding tert-OH is 2. The van der Waals surface area contributed by atoms with E-state index in [4.69, 9.17) is 4.74 Å². The molecule has 0 saturated heterocycles. The lowest BCUT2D eigenvalue weighted by Crippen LogP contribution is -2.27. The van der Waals surface area contributed by atoms with Crippen molar-refractivity contribution in [3.05, 3.63) is 29.8 Å². The fraction of sp³-hybridized carbons (Fsp3) is 0.500. The van der Waals surface area contributed by atoms with Gasteiger partial charge in [0.2, 0.25) is 0 Å². The molecule has 2 atom stereocenters. The van der Waals surface area contributed by atoms with Crippen LogP contribution < -0.4 is 4.74 Å². The van der Waals surface area contributed by atoms with Gasteiger partial charge in [-0.3, -0.25) is 0 Å². The largest absolute Gasteiger partial charge is 0.496 e. The Morgan fingerprint density at radius 2 is 1.87 bits per heavy atom. The Hall–Kier alpha value is -1.06. The summed E-state index contributed by atoms with van der Waals surface area (Å²) >= 11 is 0. The van der Waals surface area contributed by atoms with Crippen LogP contribution >= 0.6 is 0 Å². The van der Waals surface area contributed by atoms with Gasteiger partial charge >= 0.3 is 0 Å². The summed E-state index contributed by atoms with van der Waals surface area (Å²) in [6.07, 6.45) is -0.434. The summed E-state index contributed by atoms with van der Waals surface area (Å²) in [7, 11) is 1.60. The first-order valence-corrected chi connectivity index (χ1v) is 5.17. The van der Waals surface area contributed by atoms with E-state index in [-0.39, 0.29) is 0 Å². The molecule has 3 heteroatoms. The molecule has 0 aliphatic rings. The van der Waals surface area contributed by atoms with Gasteiger partial charge in [0, 0.05) is 6.42 Å². The molecule has 0 amide bonds. The number of ether oxygens (including phenoxy) is 1. The second kappa shape index (κ2) is 5.73. The molecule has 1 rings (SSSR count). The molecule has 2 N–H and O–H groups in total. The summed E-state index contributed by atoms with van der Waals surface area (Å²) in [5.41, 5.74) is 0.917. The van der Waals surface area contributed by atoms with Gasteiger partial charge in [-0.05, 0) is 18.1 Å². The highest BCUT2D eigenvalue weighted by atomic mass is 16.5. The van der Waals surface area contributed by atoms with E-state index in [1.807, 2.05) is 31.2 Å². The Bertz CT molecular complexity index is 299. The normalized spacial score (nSPS) is 14.7. The van der Waals surface area contributed by atoms with Crippen molar-refractivity contribution >= 4 is 0 Å². The van der Waals surface area contributed by atoms with Gasteiger partial charge in [-0.15, -0.1) is 0 Å². The van der Waals surface area contributed by atoms with E-state index >= 15 is 0 Å². The lowest BCUT2D eigenvalue weighted by molar-refractivity contribution is 0.0179. The Kier molecular flexibility index (Phi) is 4.59. The zero-order valence-corrected chi connectivity index (χ0v) is 9.18. The predicted octanol–water partition coefficient (Wildman–Crippen LogP) is 1.37. The minimum atomic E-state index is -0.730. The molecule has 0 saturated carbocycles. The fourth-order valence-electron chi connectivity index (χ4n) is 1.51. The van der Waals surface area contributed by atoms with Crippen molar-refractivity contribution in [2.45, 2.75) is 32.0 Å². The first kappa shape index (κ1) is 12.0. The molecule has 0 fully saturated rings. The molecule has 0 bridgehead atoms. The number of benzene rings is 1. The van der Waals surface area contributed by atoms with Gasteiger partial charge in [0.15, 0.2) is 0 Å². The number of para-hydroxylation sites is 1. The van der Waals surface area contributed by atoms with Gasteiger partial charge in [-0.1, -0.05) is 25.1 Å². The third-order valence-corrected chi connectivity index (χ3v) is 2.48. The number of aliphatic hydroxyl groups is 2. The molecule has 0 aliphatic heterocycles. The lowest BCUT2D eigenvalue weighted by Gasteiger charge is -2.17. The molecule has 1 aromatic rings. The molecule has 3 nitrogen and oxygen atoms in total. The van der Waals surface area contributed by atoms with Crippen molar-refractivity contribution in [3.63, 3.8) is 0 Å². The van der Waals surface area contributed by atoms with Crippen LogP contribution in [-0.2, 0) is 6.42 Å². The summed E-state index contributed by atoms with van der Waals surface area (Å²) in [4.78, 5) is 0. The first-order valence-electron chi connectivity index (χ1n) is 5.17. The molecular formula is C12H18O3. The van der Waals surface area contributed by atoms with Gasteiger partial charge < -0.3 is 14.9 Å². The van der Waals surface area contributed by atoms with Gasteiger partial charge in [0.05, 0.1) is 19.3 Å². The van der Waals surface area contributed by atoms with Crippen molar-refractivity contribution in [1.82, 2.24) is 0 Å². The topological polar surface area (TPSA) is 49.7 Å². The maximum absolute atomic E-state index is 9.69. The fourth-order valence-corrected chi connectivity index (χ4v) is 1.51. The predicted molar refractivity (Wildman–Crippen MR) is 59.0 cm³/mol. The molecule has 0 aliphatic carbocycles. The SMILES string of the molecule is CCC(O)C(O)Cc1ccccc1OC. The van der Waals surface area contributed by atoms with E-state index in [1.165, 1.54) is 0 Å². The van der Waals surface area contributed by atoms with Crippen LogP contribution in [0.25, 0.3) is 0 Å². The zero-order valence-electron chi connectivity index (χ0n) is 9.18. The first-order chi connectivity index (χ1) is 7.19. The van der Waals surface area contributed by atoms with E-state index in [0.717, 1.165) is 11.3 Å². The summed E-state index contributed by atoms with van der Waals surface area (Å²) in [5, 5.41) is 19.1. The average Bonchev–Trinajstić information content (AvgIpc) is 2.28. The van der Waals surface area contributed by atoms with Gasteiger partial charge in [-0.2, -0.15) is 0 Å². The Morgan fingerprint density at radius 1 is 1.20 bits per heavy atom. The maximum Gasteiger partial charge on any atom is 0.122 e. The molecule has 0 heterocycles. The van der Waals surface area contributed by atoms with Gasteiger partial charge in [-0.25, -0.2) is 0 Å². The van der Waals surface area contributed by atoms with Gasteiger partial charge in [0.1, 0.15) is 5.75 Å². The molecule has 1 aromatic carbocycles. The minimum absolute atomic E-state index is 0.416. The number of rotatable bonds is 5. The van der Waals surface area contributed by atoms with Crippen molar-refractivity contribution in [3.8, 4) is 5.75 Å². The molecule has 0 radical (unpaired) electrons. The van der Waals surface area contributed by atoms with Crippen LogP contribution in [0.15, 0.2) is 24.3 Å². The van der Waals surface area contributed by atoms with E-state index in [2.05, 4.69) is 0 Å². The summed E-state index contributed by atoms with van der Waals surface area (Å²) in [6.45, 7) is 1.84. The highest BCUT2D eigenvalue weighted by Gasteiger charge is 2.16. The monoisotopic (exact) mass is 210 g/mol. The molecule has 84 valence electrons. The molecular weight excluding hydrogens is 192 g/mol. The summed E-state index contributed by atoms with van der Waals surface area (Å²) < 4.78 is 5.17. The van der Waals surface area contributed by atoms with Crippen molar-refractivity contribution < 1.29 is 14.9 Å². The standard InChI is InChI=1S/C12H18O3/c1-3-10(13)11(14)8-9-6-4-5-7-12(9)15-2/h4-7,10-11,13-14H,3,8H2,1-2H3. The lowest BCUT2D eigenvalue weighted by atomic mass is 10.0. The Morgan fingerprint density at radius 3 is 2.47 bits per heavy atom. The number of hydrogen-bond acceptors (Lipinski definition) is 3. The van der Waals surface area contributed by atoms with Crippen LogP contribution in [0.4, 0.5) is 0 Å². The minimum Gasteiger partial charge on any atom is -0.496 e. The third-order valence-electron chi connectivity index (χ3n) is 2.48. The second-order valence-corrected chi connectivity index (χ2v) is 3.56. The number of methoxy groups -OCH3 is 1. The van der Waals surface area contributed by atoms with E-state index in [1.54, 1.807) is 7.11 Å². The van der Waals surface area contributed by atoms with E-state index in [0.29, 0.717) is 12.8 Å². The molecule has 2 unspecified atom stereocenters. The Labute approximate surface area is 90.3 Å². The van der Waals surface area contributed by atoms with Crippen molar-refractivity contribution in [2.75, 3.05) is 7.11 Å². The zero-order chi connectivity index (χ0) is 11.3.